The zero-order valence-corrected chi connectivity index (χ0v) is 16.5. The van der Waals surface area contributed by atoms with Crippen LogP contribution in [0.2, 0.25) is 0 Å². The molecule has 160 valence electrons. The average molecular weight is 417 g/mol. The lowest BCUT2D eigenvalue weighted by molar-refractivity contribution is -0.0507. The number of hydrogen-bond acceptors (Lipinski definition) is 4. The van der Waals surface area contributed by atoms with Gasteiger partial charge in [0.1, 0.15) is 12.4 Å². The van der Waals surface area contributed by atoms with Crippen LogP contribution in [-0.2, 0) is 17.8 Å². The Morgan fingerprint density at radius 1 is 1.07 bits per heavy atom. The molecule has 2 unspecified atom stereocenters. The van der Waals surface area contributed by atoms with Crippen LogP contribution in [0.1, 0.15) is 36.8 Å². The van der Waals surface area contributed by atoms with Gasteiger partial charge in [0.05, 0.1) is 5.60 Å². The maximum atomic E-state index is 12.7. The van der Waals surface area contributed by atoms with Crippen LogP contribution in [-0.4, -0.2) is 40.4 Å². The number of nitrogens with zero attached hydrogens (tertiary/aromatic N) is 1. The van der Waals surface area contributed by atoms with Crippen molar-refractivity contribution in [1.29, 1.82) is 0 Å². The van der Waals surface area contributed by atoms with E-state index in [0.29, 0.717) is 19.3 Å². The molecule has 0 saturated carbocycles. The highest BCUT2D eigenvalue weighted by Gasteiger charge is 2.49. The normalized spacial score (nSPS) is 25.4. The number of carbonyl (C=O) groups excluding carboxylic acids is 1. The number of carbonyl (C=O) groups is 1. The smallest absolute Gasteiger partial charge is 0.410 e. The molecule has 7 heteroatoms. The van der Waals surface area contributed by atoms with Crippen LogP contribution in [0.25, 0.3) is 0 Å². The molecule has 2 heterocycles. The van der Waals surface area contributed by atoms with Crippen molar-refractivity contribution < 1.29 is 28.2 Å². The van der Waals surface area contributed by atoms with E-state index in [1.54, 1.807) is 17.0 Å². The lowest BCUT2D eigenvalue weighted by atomic mass is 9.81. The van der Waals surface area contributed by atoms with E-state index in [0.717, 1.165) is 24.0 Å². The Hall–Kier alpha value is -2.67. The van der Waals surface area contributed by atoms with Crippen LogP contribution in [0.15, 0.2) is 54.6 Å². The molecular formula is C23H25F2NO4. The average Bonchev–Trinajstić information content (AvgIpc) is 2.99. The summed E-state index contributed by atoms with van der Waals surface area (Å²) in [6.07, 6.45) is 2.49. The maximum absolute atomic E-state index is 12.7. The van der Waals surface area contributed by atoms with E-state index in [1.165, 1.54) is 12.1 Å². The summed E-state index contributed by atoms with van der Waals surface area (Å²) in [6.45, 7) is -2.67. The van der Waals surface area contributed by atoms with Gasteiger partial charge in [0, 0.05) is 18.5 Å². The quantitative estimate of drug-likeness (QED) is 0.751. The first kappa shape index (κ1) is 20.6. The molecule has 2 aliphatic heterocycles. The minimum absolute atomic E-state index is 0.0796. The summed E-state index contributed by atoms with van der Waals surface area (Å²) in [5.74, 6) is 0.0796. The molecule has 1 N–H and O–H groups in total. The van der Waals surface area contributed by atoms with Gasteiger partial charge in [-0.15, -0.1) is 0 Å². The second-order valence-electron chi connectivity index (χ2n) is 8.17. The standard InChI is InChI=1S/C23H25F2NO4/c24-21(25)30-20-8-4-7-17(11-20)12-23(28)13-18-9-10-19(14-23)26(18)22(27)29-15-16-5-2-1-3-6-16/h1-8,11,18-19,21,28H,9-10,12-15H2. The van der Waals surface area contributed by atoms with Gasteiger partial charge in [0.2, 0.25) is 0 Å². The lowest BCUT2D eigenvalue weighted by Crippen LogP contribution is -2.54. The third-order valence-corrected chi connectivity index (χ3v) is 5.92. The predicted molar refractivity (Wildman–Crippen MR) is 106 cm³/mol. The Morgan fingerprint density at radius 2 is 1.73 bits per heavy atom. The third-order valence-electron chi connectivity index (χ3n) is 5.92. The molecule has 2 aliphatic rings. The summed E-state index contributed by atoms with van der Waals surface area (Å²) in [5.41, 5.74) is 0.665. The molecule has 0 aliphatic carbocycles. The number of alkyl halides is 2. The molecule has 2 bridgehead atoms. The number of ether oxygens (including phenoxy) is 2. The summed E-state index contributed by atoms with van der Waals surface area (Å²) in [4.78, 5) is 14.5. The topological polar surface area (TPSA) is 59.0 Å². The molecule has 2 saturated heterocycles. The monoisotopic (exact) mass is 417 g/mol. The number of rotatable bonds is 6. The molecule has 2 atom stereocenters. The van der Waals surface area contributed by atoms with E-state index in [4.69, 9.17) is 4.74 Å². The zero-order chi connectivity index (χ0) is 21.1. The summed E-state index contributed by atoms with van der Waals surface area (Å²) in [6, 6.07) is 15.8. The van der Waals surface area contributed by atoms with Crippen molar-refractivity contribution in [2.24, 2.45) is 0 Å². The highest BCUT2D eigenvalue weighted by Crippen LogP contribution is 2.42. The van der Waals surface area contributed by atoms with Gasteiger partial charge in [-0.3, -0.25) is 0 Å². The minimum atomic E-state index is -2.88. The van der Waals surface area contributed by atoms with Crippen molar-refractivity contribution in [3.63, 3.8) is 0 Å². The fraction of sp³-hybridized carbons (Fsp3) is 0.435. The van der Waals surface area contributed by atoms with Crippen molar-refractivity contribution in [1.82, 2.24) is 4.90 Å². The molecular weight excluding hydrogens is 392 g/mol. The van der Waals surface area contributed by atoms with Gasteiger partial charge in [0.15, 0.2) is 0 Å². The minimum Gasteiger partial charge on any atom is -0.445 e. The first-order valence-corrected chi connectivity index (χ1v) is 10.2. The highest BCUT2D eigenvalue weighted by molar-refractivity contribution is 5.69. The van der Waals surface area contributed by atoms with Crippen LogP contribution < -0.4 is 4.74 Å². The van der Waals surface area contributed by atoms with E-state index >= 15 is 0 Å². The van der Waals surface area contributed by atoms with Gasteiger partial charge in [-0.1, -0.05) is 42.5 Å². The molecule has 1 amide bonds. The Balaban J connectivity index is 1.38. The van der Waals surface area contributed by atoms with E-state index in [1.807, 2.05) is 30.3 Å². The van der Waals surface area contributed by atoms with E-state index in [-0.39, 0.29) is 30.5 Å². The number of benzene rings is 2. The molecule has 2 aromatic carbocycles. The van der Waals surface area contributed by atoms with Crippen molar-refractivity contribution in [3.05, 3.63) is 65.7 Å². The zero-order valence-electron chi connectivity index (χ0n) is 16.5. The molecule has 5 nitrogen and oxygen atoms in total. The van der Waals surface area contributed by atoms with E-state index in [9.17, 15) is 18.7 Å². The van der Waals surface area contributed by atoms with Gasteiger partial charge in [-0.2, -0.15) is 8.78 Å². The largest absolute Gasteiger partial charge is 0.445 e. The Kier molecular flexibility index (Phi) is 5.90. The van der Waals surface area contributed by atoms with Crippen LogP contribution in [0.5, 0.6) is 5.75 Å². The van der Waals surface area contributed by atoms with Crippen LogP contribution >= 0.6 is 0 Å². The number of amides is 1. The van der Waals surface area contributed by atoms with E-state index in [2.05, 4.69) is 4.74 Å². The van der Waals surface area contributed by atoms with Crippen LogP contribution in [0, 0.1) is 0 Å². The fourth-order valence-electron chi connectivity index (χ4n) is 4.77. The van der Waals surface area contributed by atoms with Crippen molar-refractivity contribution in [2.45, 2.75) is 63.0 Å². The number of fused-ring (bicyclic) bond motifs is 2. The van der Waals surface area contributed by atoms with Gasteiger partial charge in [0.25, 0.3) is 0 Å². The first-order valence-electron chi connectivity index (χ1n) is 10.2. The molecule has 2 aromatic rings. The number of halogens is 2. The summed E-state index contributed by atoms with van der Waals surface area (Å²) in [7, 11) is 0. The molecule has 0 aromatic heterocycles. The summed E-state index contributed by atoms with van der Waals surface area (Å²) >= 11 is 0. The SMILES string of the molecule is O=C(OCc1ccccc1)N1C2CCC1CC(O)(Cc1cccc(OC(F)F)c1)C2. The highest BCUT2D eigenvalue weighted by atomic mass is 19.3. The Bertz CT molecular complexity index is 863. The molecule has 4 rings (SSSR count). The summed E-state index contributed by atoms with van der Waals surface area (Å²) < 4.78 is 34.9. The second kappa shape index (κ2) is 8.60. The summed E-state index contributed by atoms with van der Waals surface area (Å²) in [5, 5.41) is 11.2. The fourth-order valence-corrected chi connectivity index (χ4v) is 4.77. The third kappa shape index (κ3) is 4.73. The lowest BCUT2D eigenvalue weighted by Gasteiger charge is -2.43. The van der Waals surface area contributed by atoms with Crippen molar-refractivity contribution in [3.8, 4) is 5.75 Å². The molecule has 0 spiro atoms. The number of aliphatic hydroxyl groups is 1. The number of hydrogen-bond donors (Lipinski definition) is 1. The molecule has 30 heavy (non-hydrogen) atoms. The van der Waals surface area contributed by atoms with Gasteiger partial charge in [-0.05, 0) is 48.9 Å². The van der Waals surface area contributed by atoms with Crippen molar-refractivity contribution >= 4 is 6.09 Å². The predicted octanol–water partition coefficient (Wildman–Crippen LogP) is 4.53. The van der Waals surface area contributed by atoms with Crippen LogP contribution in [0.3, 0.4) is 0 Å². The second-order valence-corrected chi connectivity index (χ2v) is 8.17. The Morgan fingerprint density at radius 3 is 2.40 bits per heavy atom. The first-order chi connectivity index (χ1) is 14.4. The van der Waals surface area contributed by atoms with Crippen molar-refractivity contribution in [2.75, 3.05) is 0 Å². The molecule has 2 fully saturated rings. The maximum Gasteiger partial charge on any atom is 0.410 e. The van der Waals surface area contributed by atoms with Gasteiger partial charge >= 0.3 is 12.7 Å². The van der Waals surface area contributed by atoms with Gasteiger partial charge in [-0.25, -0.2) is 4.79 Å². The Labute approximate surface area is 174 Å². The van der Waals surface area contributed by atoms with Gasteiger partial charge < -0.3 is 19.5 Å². The van der Waals surface area contributed by atoms with E-state index < -0.39 is 12.2 Å². The molecule has 0 radical (unpaired) electrons. The van der Waals surface area contributed by atoms with Crippen LogP contribution in [0.4, 0.5) is 13.6 Å². The number of piperidine rings is 1.